The van der Waals surface area contributed by atoms with E-state index in [1.54, 1.807) is 24.4 Å². The van der Waals surface area contributed by atoms with Gasteiger partial charge in [-0.15, -0.1) is 0 Å². The fraction of sp³-hybridized carbons (Fsp3) is 0.233. The molecule has 2 aromatic carbocycles. The molecule has 4 aromatic rings. The first-order valence-corrected chi connectivity index (χ1v) is 13.0. The smallest absolute Gasteiger partial charge is 0.226 e. The lowest BCUT2D eigenvalue weighted by molar-refractivity contribution is -0.116. The van der Waals surface area contributed by atoms with Crippen LogP contribution in [-0.4, -0.2) is 32.0 Å². The third-order valence-electron chi connectivity index (χ3n) is 7.01. The average Bonchev–Trinajstić information content (AvgIpc) is 3.39. The molecular weight excluding hydrogens is 497 g/mol. The molecule has 1 saturated heterocycles. The monoisotopic (exact) mass is 527 g/mol. The molecule has 0 saturated carbocycles. The zero-order valence-corrected chi connectivity index (χ0v) is 22.4. The zero-order chi connectivity index (χ0) is 26.8. The second-order valence-corrected chi connectivity index (χ2v) is 9.98. The van der Waals surface area contributed by atoms with E-state index in [1.807, 2.05) is 18.2 Å². The number of hydrogen-bond acceptors (Lipinski definition) is 3. The molecule has 0 radical (unpaired) electrons. The molecule has 5 rings (SSSR count). The van der Waals surface area contributed by atoms with Gasteiger partial charge in [-0.05, 0) is 81.0 Å². The Bertz CT molecular complexity index is 1470. The number of benzene rings is 2. The Labute approximate surface area is 227 Å². The second-order valence-electron chi connectivity index (χ2n) is 9.60. The molecule has 6 nitrogen and oxygen atoms in total. The lowest BCUT2D eigenvalue weighted by atomic mass is 9.96. The van der Waals surface area contributed by atoms with Crippen molar-refractivity contribution in [1.29, 1.82) is 0 Å². The SMILES string of the molecule is Cc1ccc(-n2c(C)cc([C@@H]3[C@@H](c4ccccn4)NC(=S)N3CCC(=O)Nc3ccccc3F)c2C)cc1. The summed E-state index contributed by atoms with van der Waals surface area (Å²) in [6, 6.07) is 22.3. The molecule has 0 spiro atoms. The average molecular weight is 528 g/mol. The Balaban J connectivity index is 1.47. The minimum atomic E-state index is -0.462. The number of anilines is 1. The van der Waals surface area contributed by atoms with Gasteiger partial charge in [0.1, 0.15) is 5.82 Å². The van der Waals surface area contributed by atoms with E-state index in [0.29, 0.717) is 11.7 Å². The van der Waals surface area contributed by atoms with Gasteiger partial charge in [0.05, 0.1) is 23.5 Å². The van der Waals surface area contributed by atoms with Crippen molar-refractivity contribution < 1.29 is 9.18 Å². The quantitative estimate of drug-likeness (QED) is 0.292. The Morgan fingerprint density at radius 2 is 1.79 bits per heavy atom. The lowest BCUT2D eigenvalue weighted by Crippen LogP contribution is -2.33. The standard InChI is InChI=1S/C30H30FN5OS/c1-19-11-13-22(14-12-19)36-20(2)18-23(21(36)3)29-28(26-10-6-7-16-32-26)34-30(38)35(29)17-15-27(37)33-25-9-5-4-8-24(25)31/h4-14,16,18,28-29H,15,17H2,1-3H3,(H,33,37)(H,34,38)/t28-,29-/m1/s1. The Morgan fingerprint density at radius 1 is 1.05 bits per heavy atom. The van der Waals surface area contributed by atoms with E-state index in [4.69, 9.17) is 12.2 Å². The van der Waals surface area contributed by atoms with E-state index < -0.39 is 5.82 Å². The van der Waals surface area contributed by atoms with E-state index in [1.165, 1.54) is 11.6 Å². The summed E-state index contributed by atoms with van der Waals surface area (Å²) in [7, 11) is 0. The number of nitrogens with zero attached hydrogens (tertiary/aromatic N) is 3. The van der Waals surface area contributed by atoms with Crippen molar-refractivity contribution in [2.75, 3.05) is 11.9 Å². The van der Waals surface area contributed by atoms with Crippen LogP contribution in [0.15, 0.2) is 79.0 Å². The van der Waals surface area contributed by atoms with Gasteiger partial charge in [0.15, 0.2) is 5.11 Å². The van der Waals surface area contributed by atoms with Crippen molar-refractivity contribution in [2.24, 2.45) is 0 Å². The summed E-state index contributed by atoms with van der Waals surface area (Å²) in [5.74, 6) is -0.737. The van der Waals surface area contributed by atoms with Gasteiger partial charge in [-0.2, -0.15) is 0 Å². The molecule has 1 aliphatic heterocycles. The molecule has 2 N–H and O–H groups in total. The van der Waals surface area contributed by atoms with Crippen molar-refractivity contribution in [3.05, 3.63) is 113 Å². The number of aromatic nitrogens is 2. The van der Waals surface area contributed by atoms with Crippen LogP contribution in [0.4, 0.5) is 10.1 Å². The normalized spacial score (nSPS) is 16.9. The van der Waals surface area contributed by atoms with Crippen LogP contribution in [0.25, 0.3) is 5.69 Å². The maximum Gasteiger partial charge on any atom is 0.226 e. The highest BCUT2D eigenvalue weighted by Crippen LogP contribution is 2.41. The number of aryl methyl sites for hydroxylation is 2. The van der Waals surface area contributed by atoms with Crippen LogP contribution in [0.5, 0.6) is 0 Å². The number of amides is 1. The van der Waals surface area contributed by atoms with Crippen LogP contribution in [0.2, 0.25) is 0 Å². The van der Waals surface area contributed by atoms with Gasteiger partial charge < -0.3 is 20.1 Å². The predicted octanol–water partition coefficient (Wildman–Crippen LogP) is 5.94. The largest absolute Gasteiger partial charge is 0.352 e. The molecular formula is C30H30FN5OS. The van der Waals surface area contributed by atoms with Crippen molar-refractivity contribution in [2.45, 2.75) is 39.3 Å². The number of rotatable bonds is 7. The van der Waals surface area contributed by atoms with E-state index in [0.717, 1.165) is 28.3 Å². The molecule has 194 valence electrons. The molecule has 1 fully saturated rings. The first-order valence-electron chi connectivity index (χ1n) is 12.6. The maximum absolute atomic E-state index is 14.1. The van der Waals surface area contributed by atoms with E-state index in [2.05, 4.69) is 76.2 Å². The number of halogens is 1. The highest BCUT2D eigenvalue weighted by molar-refractivity contribution is 7.80. The van der Waals surface area contributed by atoms with Gasteiger partial charge in [0.25, 0.3) is 0 Å². The number of carbonyl (C=O) groups is 1. The van der Waals surface area contributed by atoms with Crippen molar-refractivity contribution >= 4 is 28.9 Å². The third kappa shape index (κ3) is 5.04. The third-order valence-corrected chi connectivity index (χ3v) is 7.36. The topological polar surface area (TPSA) is 62.2 Å². The first kappa shape index (κ1) is 25.6. The summed E-state index contributed by atoms with van der Waals surface area (Å²) in [5.41, 5.74) is 6.66. The minimum absolute atomic E-state index is 0.151. The number of para-hydroxylation sites is 1. The highest BCUT2D eigenvalue weighted by Gasteiger charge is 2.41. The lowest BCUT2D eigenvalue weighted by Gasteiger charge is -2.28. The molecule has 0 bridgehead atoms. The van der Waals surface area contributed by atoms with E-state index >= 15 is 0 Å². The van der Waals surface area contributed by atoms with Gasteiger partial charge >= 0.3 is 0 Å². The van der Waals surface area contributed by atoms with E-state index in [-0.39, 0.29) is 30.1 Å². The van der Waals surface area contributed by atoms with E-state index in [9.17, 15) is 9.18 Å². The Morgan fingerprint density at radius 3 is 2.50 bits per heavy atom. The van der Waals surface area contributed by atoms with Crippen LogP contribution in [0.1, 0.15) is 46.7 Å². The van der Waals surface area contributed by atoms with Gasteiger partial charge in [-0.25, -0.2) is 4.39 Å². The van der Waals surface area contributed by atoms with Gasteiger partial charge in [0.2, 0.25) is 5.91 Å². The highest BCUT2D eigenvalue weighted by atomic mass is 32.1. The minimum Gasteiger partial charge on any atom is -0.352 e. The van der Waals surface area contributed by atoms with Crippen LogP contribution in [0, 0.1) is 26.6 Å². The Kier molecular flexibility index (Phi) is 7.24. The number of carbonyl (C=O) groups excluding carboxylic acids is 1. The van der Waals surface area contributed by atoms with Crippen LogP contribution < -0.4 is 10.6 Å². The first-order chi connectivity index (χ1) is 18.3. The number of nitrogens with one attached hydrogen (secondary N) is 2. The molecule has 2 atom stereocenters. The van der Waals surface area contributed by atoms with Crippen LogP contribution >= 0.6 is 12.2 Å². The number of hydrogen-bond donors (Lipinski definition) is 2. The number of thiocarbonyl (C=S) groups is 1. The van der Waals surface area contributed by atoms with Gasteiger partial charge in [-0.3, -0.25) is 9.78 Å². The second kappa shape index (κ2) is 10.8. The molecule has 38 heavy (non-hydrogen) atoms. The summed E-state index contributed by atoms with van der Waals surface area (Å²) in [4.78, 5) is 19.4. The Hall–Kier alpha value is -4.04. The summed E-state index contributed by atoms with van der Waals surface area (Å²) in [6.07, 6.45) is 1.93. The molecule has 2 aromatic heterocycles. The molecule has 8 heteroatoms. The molecule has 3 heterocycles. The van der Waals surface area contributed by atoms with Crippen LogP contribution in [-0.2, 0) is 4.79 Å². The molecule has 1 amide bonds. The fourth-order valence-corrected chi connectivity index (χ4v) is 5.49. The predicted molar refractivity (Wildman–Crippen MR) is 152 cm³/mol. The van der Waals surface area contributed by atoms with Crippen LogP contribution in [0.3, 0.4) is 0 Å². The summed E-state index contributed by atoms with van der Waals surface area (Å²) >= 11 is 5.78. The molecule has 0 unspecified atom stereocenters. The summed E-state index contributed by atoms with van der Waals surface area (Å²) in [6.45, 7) is 6.66. The zero-order valence-electron chi connectivity index (χ0n) is 21.6. The fourth-order valence-electron chi connectivity index (χ4n) is 5.16. The molecule has 0 aliphatic carbocycles. The van der Waals surface area contributed by atoms with Gasteiger partial charge in [-0.1, -0.05) is 35.9 Å². The van der Waals surface area contributed by atoms with Crippen molar-refractivity contribution in [3.8, 4) is 5.69 Å². The van der Waals surface area contributed by atoms with Crippen molar-refractivity contribution in [1.82, 2.24) is 19.8 Å². The van der Waals surface area contributed by atoms with Crippen molar-refractivity contribution in [3.63, 3.8) is 0 Å². The summed E-state index contributed by atoms with van der Waals surface area (Å²) < 4.78 is 16.3. The maximum atomic E-state index is 14.1. The molecule has 1 aliphatic rings. The number of pyridine rings is 1. The summed E-state index contributed by atoms with van der Waals surface area (Å²) in [5, 5.41) is 6.68. The van der Waals surface area contributed by atoms with Gasteiger partial charge in [0, 0.05) is 36.2 Å².